The molecular formula is C21H34FIN4O2. The molecule has 2 N–H and O–H groups in total. The maximum atomic E-state index is 14.0. The maximum Gasteiger partial charge on any atom is 0.222 e. The molecule has 1 amide bonds. The second-order valence-corrected chi connectivity index (χ2v) is 6.86. The van der Waals surface area contributed by atoms with Gasteiger partial charge in [-0.3, -0.25) is 4.79 Å². The summed E-state index contributed by atoms with van der Waals surface area (Å²) in [5, 5.41) is 6.49. The number of guanidine groups is 1. The van der Waals surface area contributed by atoms with E-state index in [-0.39, 0.29) is 41.5 Å². The van der Waals surface area contributed by atoms with Crippen molar-refractivity contribution in [3.05, 3.63) is 29.6 Å². The van der Waals surface area contributed by atoms with E-state index in [1.54, 1.807) is 6.07 Å². The summed E-state index contributed by atoms with van der Waals surface area (Å²) in [4.78, 5) is 18.5. The van der Waals surface area contributed by atoms with Gasteiger partial charge in [-0.25, -0.2) is 9.38 Å². The van der Waals surface area contributed by atoms with Crippen molar-refractivity contribution in [3.63, 3.8) is 0 Å². The normalized spacial score (nSPS) is 14.8. The number of ether oxygens (including phenoxy) is 1. The largest absolute Gasteiger partial charge is 0.491 e. The van der Waals surface area contributed by atoms with Gasteiger partial charge >= 0.3 is 0 Å². The summed E-state index contributed by atoms with van der Waals surface area (Å²) in [6.07, 6.45) is 4.80. The standard InChI is InChI=1S/C21H33FN4O2.HI/c1-3-23-21(24-12-8-14-26-13-7-5-6-9-20(26)27)25-16-17-10-11-19(28-4-2)18(22)15-17;/h10-11,15H,3-9,12-14,16H2,1-2H3,(H2,23,24,25);1H. The van der Waals surface area contributed by atoms with E-state index < -0.39 is 0 Å². The Morgan fingerprint density at radius 1 is 1.24 bits per heavy atom. The number of nitrogens with zero attached hydrogens (tertiary/aromatic N) is 2. The number of likely N-dealkylation sites (tertiary alicyclic amines) is 1. The molecule has 0 aliphatic carbocycles. The van der Waals surface area contributed by atoms with E-state index in [4.69, 9.17) is 4.74 Å². The first-order valence-corrected chi connectivity index (χ1v) is 10.3. The van der Waals surface area contributed by atoms with Crippen molar-refractivity contribution in [1.82, 2.24) is 15.5 Å². The molecule has 0 bridgehead atoms. The summed E-state index contributed by atoms with van der Waals surface area (Å²) in [7, 11) is 0. The van der Waals surface area contributed by atoms with E-state index in [9.17, 15) is 9.18 Å². The van der Waals surface area contributed by atoms with Crippen LogP contribution in [0.3, 0.4) is 0 Å². The lowest BCUT2D eigenvalue weighted by Crippen LogP contribution is -2.39. The van der Waals surface area contributed by atoms with E-state index >= 15 is 0 Å². The Morgan fingerprint density at radius 3 is 2.79 bits per heavy atom. The molecule has 2 rings (SSSR count). The molecule has 1 aromatic carbocycles. The number of carbonyl (C=O) groups excluding carboxylic acids is 1. The Bertz CT molecular complexity index is 658. The first-order valence-electron chi connectivity index (χ1n) is 10.3. The van der Waals surface area contributed by atoms with E-state index in [2.05, 4.69) is 15.6 Å². The molecule has 0 saturated carbocycles. The molecule has 0 unspecified atom stereocenters. The van der Waals surface area contributed by atoms with E-state index in [0.29, 0.717) is 25.5 Å². The average molecular weight is 520 g/mol. The fourth-order valence-corrected chi connectivity index (χ4v) is 3.18. The molecule has 1 aromatic rings. The summed E-state index contributed by atoms with van der Waals surface area (Å²) in [6.45, 7) is 7.76. The van der Waals surface area contributed by atoms with Gasteiger partial charge in [0.1, 0.15) is 0 Å². The molecule has 6 nitrogen and oxygen atoms in total. The van der Waals surface area contributed by atoms with Gasteiger partial charge in [0.25, 0.3) is 0 Å². The van der Waals surface area contributed by atoms with Crippen molar-refractivity contribution in [3.8, 4) is 5.75 Å². The fourth-order valence-electron chi connectivity index (χ4n) is 3.18. The number of benzene rings is 1. The summed E-state index contributed by atoms with van der Waals surface area (Å²) in [5.74, 6) is 0.868. The van der Waals surface area contributed by atoms with Gasteiger partial charge in [-0.15, -0.1) is 24.0 Å². The molecule has 1 fully saturated rings. The molecule has 29 heavy (non-hydrogen) atoms. The van der Waals surface area contributed by atoms with Crippen LogP contribution in [0.25, 0.3) is 0 Å². The number of amides is 1. The third-order valence-electron chi connectivity index (χ3n) is 4.63. The monoisotopic (exact) mass is 520 g/mol. The number of nitrogens with one attached hydrogen (secondary N) is 2. The lowest BCUT2D eigenvalue weighted by atomic mass is 10.2. The van der Waals surface area contributed by atoms with Crippen molar-refractivity contribution in [2.75, 3.05) is 32.8 Å². The highest BCUT2D eigenvalue weighted by Gasteiger charge is 2.15. The second kappa shape index (κ2) is 14.4. The summed E-state index contributed by atoms with van der Waals surface area (Å²) in [6, 6.07) is 4.93. The predicted molar refractivity (Wildman–Crippen MR) is 125 cm³/mol. The molecule has 1 aliphatic rings. The Morgan fingerprint density at radius 2 is 2.07 bits per heavy atom. The highest BCUT2D eigenvalue weighted by molar-refractivity contribution is 14.0. The van der Waals surface area contributed by atoms with E-state index in [1.165, 1.54) is 6.07 Å². The molecule has 8 heteroatoms. The van der Waals surface area contributed by atoms with Crippen molar-refractivity contribution < 1.29 is 13.9 Å². The molecule has 0 spiro atoms. The van der Waals surface area contributed by atoms with Gasteiger partial charge in [-0.1, -0.05) is 12.5 Å². The highest BCUT2D eigenvalue weighted by atomic mass is 127. The Kier molecular flexibility index (Phi) is 12.6. The first-order chi connectivity index (χ1) is 13.6. The summed E-state index contributed by atoms with van der Waals surface area (Å²) >= 11 is 0. The zero-order valence-electron chi connectivity index (χ0n) is 17.5. The maximum absolute atomic E-state index is 14.0. The number of carbonyl (C=O) groups is 1. The minimum Gasteiger partial charge on any atom is -0.491 e. The van der Waals surface area contributed by atoms with Crippen LogP contribution in [0.2, 0.25) is 0 Å². The molecule has 1 heterocycles. The molecular weight excluding hydrogens is 486 g/mol. The predicted octanol–water partition coefficient (Wildman–Crippen LogP) is 3.69. The molecule has 164 valence electrons. The SMILES string of the molecule is CCNC(=NCc1ccc(OCC)c(F)c1)NCCCN1CCCCCC1=O.I. The number of hydrogen-bond donors (Lipinski definition) is 2. The van der Waals surface area contributed by atoms with Crippen molar-refractivity contribution in [1.29, 1.82) is 0 Å². The van der Waals surface area contributed by atoms with Crippen LogP contribution in [0.5, 0.6) is 5.75 Å². The van der Waals surface area contributed by atoms with Crippen LogP contribution in [0, 0.1) is 5.82 Å². The summed E-state index contributed by atoms with van der Waals surface area (Å²) in [5.41, 5.74) is 0.785. The lowest BCUT2D eigenvalue weighted by molar-refractivity contribution is -0.130. The number of halogens is 2. The van der Waals surface area contributed by atoms with Crippen molar-refractivity contribution in [2.24, 2.45) is 4.99 Å². The van der Waals surface area contributed by atoms with Crippen LogP contribution < -0.4 is 15.4 Å². The van der Waals surface area contributed by atoms with Crippen LogP contribution in [0.1, 0.15) is 51.5 Å². The Hall–Kier alpha value is -1.58. The van der Waals surface area contributed by atoms with Crippen LogP contribution in [-0.4, -0.2) is 49.6 Å². The zero-order chi connectivity index (χ0) is 20.2. The highest BCUT2D eigenvalue weighted by Crippen LogP contribution is 2.18. The average Bonchev–Trinajstić information content (AvgIpc) is 2.89. The number of hydrogen-bond acceptors (Lipinski definition) is 3. The molecule has 1 aliphatic heterocycles. The lowest BCUT2D eigenvalue weighted by Gasteiger charge is -2.20. The van der Waals surface area contributed by atoms with Crippen molar-refractivity contribution >= 4 is 35.8 Å². The Balaban J connectivity index is 0.00000420. The van der Waals surface area contributed by atoms with Crippen LogP contribution in [0.15, 0.2) is 23.2 Å². The number of aliphatic imine (C=N–C) groups is 1. The van der Waals surface area contributed by atoms with Gasteiger partial charge in [-0.2, -0.15) is 0 Å². The second-order valence-electron chi connectivity index (χ2n) is 6.86. The van der Waals surface area contributed by atoms with Gasteiger partial charge in [0.15, 0.2) is 17.5 Å². The fraction of sp³-hybridized carbons (Fsp3) is 0.619. The molecule has 1 saturated heterocycles. The zero-order valence-corrected chi connectivity index (χ0v) is 19.8. The molecule has 0 radical (unpaired) electrons. The van der Waals surface area contributed by atoms with Gasteiger partial charge < -0.3 is 20.3 Å². The third kappa shape index (κ3) is 9.18. The molecule has 0 aromatic heterocycles. The van der Waals surface area contributed by atoms with Gasteiger partial charge in [-0.05, 0) is 50.8 Å². The van der Waals surface area contributed by atoms with Crippen LogP contribution in [0.4, 0.5) is 4.39 Å². The number of rotatable bonds is 9. The quantitative estimate of drug-likeness (QED) is 0.226. The molecule has 0 atom stereocenters. The van der Waals surface area contributed by atoms with Crippen LogP contribution >= 0.6 is 24.0 Å². The summed E-state index contributed by atoms with van der Waals surface area (Å²) < 4.78 is 19.2. The Labute approximate surface area is 190 Å². The smallest absolute Gasteiger partial charge is 0.222 e. The van der Waals surface area contributed by atoms with Gasteiger partial charge in [0.2, 0.25) is 5.91 Å². The first kappa shape index (κ1) is 25.5. The topological polar surface area (TPSA) is 66.0 Å². The van der Waals surface area contributed by atoms with Crippen LogP contribution in [-0.2, 0) is 11.3 Å². The third-order valence-corrected chi connectivity index (χ3v) is 4.63. The van der Waals surface area contributed by atoms with Gasteiger partial charge in [0, 0.05) is 32.6 Å². The minimum absolute atomic E-state index is 0. The van der Waals surface area contributed by atoms with E-state index in [1.807, 2.05) is 24.8 Å². The van der Waals surface area contributed by atoms with E-state index in [0.717, 1.165) is 57.4 Å². The van der Waals surface area contributed by atoms with Crippen molar-refractivity contribution in [2.45, 2.75) is 52.5 Å². The minimum atomic E-state index is -0.366. The van der Waals surface area contributed by atoms with Gasteiger partial charge in [0.05, 0.1) is 13.2 Å².